The maximum atomic E-state index is 12.4. The molecule has 10 N–H and O–H groups in total. The highest BCUT2D eigenvalue weighted by molar-refractivity contribution is 5.86. The molecule has 0 bridgehead atoms. The van der Waals surface area contributed by atoms with Gasteiger partial charge in [-0.05, 0) is 25.7 Å². The molecule has 5 amide bonds. The average Bonchev–Trinajstić information content (AvgIpc) is 2.84. The van der Waals surface area contributed by atoms with E-state index in [2.05, 4.69) is 21.3 Å². The Kier molecular flexibility index (Phi) is 17.1. The summed E-state index contributed by atoms with van der Waals surface area (Å²) in [5.41, 5.74) is 4.98. The number of carbonyl (C=O) groups is 9. The molecule has 18 nitrogen and oxygen atoms in total. The van der Waals surface area contributed by atoms with Gasteiger partial charge in [0.1, 0.15) is 12.1 Å². The van der Waals surface area contributed by atoms with E-state index in [0.717, 1.165) is 0 Å². The lowest BCUT2D eigenvalue weighted by Gasteiger charge is -2.20. The third-order valence-electron chi connectivity index (χ3n) is 5.66. The molecule has 4 atom stereocenters. The smallest absolute Gasteiger partial charge is 0.326 e. The van der Waals surface area contributed by atoms with Crippen molar-refractivity contribution in [1.29, 1.82) is 0 Å². The lowest BCUT2D eigenvalue weighted by molar-refractivity contribution is -0.142. The molecule has 0 radical (unpaired) electrons. The van der Waals surface area contributed by atoms with Gasteiger partial charge >= 0.3 is 23.9 Å². The molecule has 0 aliphatic rings. The third kappa shape index (κ3) is 18.5. The number of rotatable bonds is 22. The van der Waals surface area contributed by atoms with E-state index in [9.17, 15) is 48.3 Å². The van der Waals surface area contributed by atoms with Gasteiger partial charge in [0.2, 0.25) is 29.5 Å². The fourth-order valence-electron chi connectivity index (χ4n) is 3.68. The number of aliphatic carboxylic acids is 4. The van der Waals surface area contributed by atoms with Crippen LogP contribution in [-0.4, -0.2) is 98.0 Å². The SMILES string of the molecule is CC(=O)NC(CCC(=O)NC(CCC(=O)NC(CCC(=O)NC(CCC(N)=O)C(=O)O)CC(=O)O)C(=O)O)CC(=O)O. The zero-order valence-electron chi connectivity index (χ0n) is 22.9. The van der Waals surface area contributed by atoms with Crippen molar-refractivity contribution in [1.82, 2.24) is 21.3 Å². The van der Waals surface area contributed by atoms with Crippen molar-refractivity contribution in [2.24, 2.45) is 5.73 Å². The van der Waals surface area contributed by atoms with Crippen LogP contribution < -0.4 is 27.0 Å². The Morgan fingerprint density at radius 3 is 1.26 bits per heavy atom. The summed E-state index contributed by atoms with van der Waals surface area (Å²) >= 11 is 0. The van der Waals surface area contributed by atoms with Gasteiger partial charge in [-0.1, -0.05) is 0 Å². The van der Waals surface area contributed by atoms with Crippen LogP contribution in [0.15, 0.2) is 0 Å². The Balaban J connectivity index is 4.96. The molecule has 0 aliphatic heterocycles. The van der Waals surface area contributed by atoms with Crippen molar-refractivity contribution in [2.75, 3.05) is 0 Å². The van der Waals surface area contributed by atoms with Gasteiger partial charge in [0.05, 0.1) is 12.8 Å². The minimum Gasteiger partial charge on any atom is -0.481 e. The van der Waals surface area contributed by atoms with Crippen molar-refractivity contribution < 1.29 is 63.6 Å². The molecular formula is C24H37N5O13. The summed E-state index contributed by atoms with van der Waals surface area (Å²) in [6, 6.07) is -4.86. The first-order valence-electron chi connectivity index (χ1n) is 12.8. The van der Waals surface area contributed by atoms with Gasteiger partial charge in [-0.3, -0.25) is 33.6 Å². The second-order valence-corrected chi connectivity index (χ2v) is 9.40. The average molecular weight is 604 g/mol. The van der Waals surface area contributed by atoms with Crippen LogP contribution in [0.4, 0.5) is 0 Å². The van der Waals surface area contributed by atoms with Crippen LogP contribution in [0.5, 0.6) is 0 Å². The Hall–Kier alpha value is -4.77. The van der Waals surface area contributed by atoms with Gasteiger partial charge < -0.3 is 47.4 Å². The molecule has 4 unspecified atom stereocenters. The monoisotopic (exact) mass is 603 g/mol. The Morgan fingerprint density at radius 2 is 0.905 bits per heavy atom. The predicted octanol–water partition coefficient (Wildman–Crippen LogP) is -2.33. The van der Waals surface area contributed by atoms with Crippen LogP contribution in [-0.2, 0) is 43.2 Å². The first kappa shape index (κ1) is 37.2. The number of amides is 5. The normalized spacial score (nSPS) is 13.4. The summed E-state index contributed by atoms with van der Waals surface area (Å²) in [5.74, 6) is -9.02. The number of nitrogens with one attached hydrogen (secondary N) is 4. The minimum absolute atomic E-state index is 0.0899. The maximum absolute atomic E-state index is 12.4. The van der Waals surface area contributed by atoms with Crippen LogP contribution in [0.2, 0.25) is 0 Å². The van der Waals surface area contributed by atoms with Crippen LogP contribution in [0.3, 0.4) is 0 Å². The number of hydrogen-bond donors (Lipinski definition) is 9. The predicted molar refractivity (Wildman–Crippen MR) is 139 cm³/mol. The summed E-state index contributed by atoms with van der Waals surface area (Å²) in [7, 11) is 0. The molecule has 0 aromatic rings. The lowest BCUT2D eigenvalue weighted by atomic mass is 10.0. The van der Waals surface area contributed by atoms with E-state index < -0.39 is 103 Å². The maximum Gasteiger partial charge on any atom is 0.326 e. The summed E-state index contributed by atoms with van der Waals surface area (Å²) in [5, 5.41) is 45.7. The van der Waals surface area contributed by atoms with Crippen molar-refractivity contribution in [3.05, 3.63) is 0 Å². The summed E-state index contributed by atoms with van der Waals surface area (Å²) in [6.07, 6.45) is -3.46. The number of carboxylic acids is 4. The molecule has 0 fully saturated rings. The number of carboxylic acid groups (broad SMARTS) is 4. The fraction of sp³-hybridized carbons (Fsp3) is 0.625. The Bertz CT molecular complexity index is 1020. The molecule has 18 heteroatoms. The van der Waals surface area contributed by atoms with Crippen LogP contribution in [0.1, 0.15) is 71.1 Å². The van der Waals surface area contributed by atoms with Crippen LogP contribution in [0.25, 0.3) is 0 Å². The van der Waals surface area contributed by atoms with E-state index in [0.29, 0.717) is 0 Å². The molecule has 0 aromatic heterocycles. The molecule has 0 aromatic carbocycles. The second kappa shape index (κ2) is 19.3. The molecular weight excluding hydrogens is 566 g/mol. The zero-order chi connectivity index (χ0) is 32.4. The molecule has 0 spiro atoms. The van der Waals surface area contributed by atoms with Crippen LogP contribution in [0, 0.1) is 0 Å². The first-order chi connectivity index (χ1) is 19.5. The topological polar surface area (TPSA) is 309 Å². The lowest BCUT2D eigenvalue weighted by Crippen LogP contribution is -2.44. The molecule has 0 saturated carbocycles. The van der Waals surface area contributed by atoms with Gasteiger partial charge in [0.25, 0.3) is 0 Å². The van der Waals surface area contributed by atoms with E-state index in [-0.39, 0.29) is 38.5 Å². The highest BCUT2D eigenvalue weighted by Crippen LogP contribution is 2.08. The van der Waals surface area contributed by atoms with E-state index in [1.807, 2.05) is 0 Å². The second-order valence-electron chi connectivity index (χ2n) is 9.40. The van der Waals surface area contributed by atoms with Crippen molar-refractivity contribution in [3.63, 3.8) is 0 Å². The number of carbonyl (C=O) groups excluding carboxylic acids is 5. The van der Waals surface area contributed by atoms with Crippen molar-refractivity contribution in [2.45, 2.75) is 95.3 Å². The van der Waals surface area contributed by atoms with E-state index >= 15 is 0 Å². The molecule has 0 aliphatic carbocycles. The number of hydrogen-bond acceptors (Lipinski definition) is 9. The van der Waals surface area contributed by atoms with E-state index in [4.69, 9.17) is 21.1 Å². The number of nitrogens with two attached hydrogens (primary N) is 1. The quantitative estimate of drug-likeness (QED) is 0.0628. The standard InChI is InChI=1S/C24H37N5O13/c1-12(30)26-13(10-21(35)36)2-7-19(33)29-16(24(41)42)5-9-18(32)27-14(11-22(37)38)3-8-20(34)28-15(23(39)40)4-6-17(25)31/h13-16H,2-11H2,1H3,(H2,25,31)(H,26,30)(H,27,32)(H,28,34)(H,29,33)(H,35,36)(H,37,38)(H,39,40)(H,41,42). The van der Waals surface area contributed by atoms with E-state index in [1.54, 1.807) is 0 Å². The largest absolute Gasteiger partial charge is 0.481 e. The first-order valence-corrected chi connectivity index (χ1v) is 12.8. The highest BCUT2D eigenvalue weighted by atomic mass is 16.4. The van der Waals surface area contributed by atoms with Crippen molar-refractivity contribution >= 4 is 53.4 Å². The van der Waals surface area contributed by atoms with Gasteiger partial charge in [-0.25, -0.2) is 9.59 Å². The summed E-state index contributed by atoms with van der Waals surface area (Å²) < 4.78 is 0. The van der Waals surface area contributed by atoms with Gasteiger partial charge in [0, 0.05) is 44.7 Å². The molecule has 0 heterocycles. The minimum atomic E-state index is -1.51. The zero-order valence-corrected chi connectivity index (χ0v) is 22.9. The van der Waals surface area contributed by atoms with Crippen molar-refractivity contribution in [3.8, 4) is 0 Å². The van der Waals surface area contributed by atoms with Crippen LogP contribution >= 0.6 is 0 Å². The Labute approximate surface area is 239 Å². The molecule has 0 saturated heterocycles. The van der Waals surface area contributed by atoms with Gasteiger partial charge in [-0.15, -0.1) is 0 Å². The fourth-order valence-corrected chi connectivity index (χ4v) is 3.68. The van der Waals surface area contributed by atoms with E-state index in [1.165, 1.54) is 6.92 Å². The van der Waals surface area contributed by atoms with Gasteiger partial charge in [0.15, 0.2) is 0 Å². The molecule has 42 heavy (non-hydrogen) atoms. The Morgan fingerprint density at radius 1 is 0.548 bits per heavy atom. The molecule has 236 valence electrons. The third-order valence-corrected chi connectivity index (χ3v) is 5.66. The highest BCUT2D eigenvalue weighted by Gasteiger charge is 2.25. The number of primary amides is 1. The summed E-state index contributed by atoms with van der Waals surface area (Å²) in [4.78, 5) is 104. The molecule has 0 rings (SSSR count). The van der Waals surface area contributed by atoms with Gasteiger partial charge in [-0.2, -0.15) is 0 Å². The summed E-state index contributed by atoms with van der Waals surface area (Å²) in [6.45, 7) is 1.17.